The fourth-order valence-corrected chi connectivity index (χ4v) is 4.25. The molecule has 0 unspecified atom stereocenters. The van der Waals surface area contributed by atoms with Gasteiger partial charge in [0.15, 0.2) is 16.6 Å². The number of nitrogens with zero attached hydrogens (tertiary/aromatic N) is 2. The standard InChI is InChI=1S/C19H15N3O3S2/c1-24-14-8-7-11(9-15(14)25-2)17(23)22-19-21-13(10-26-19)18-20-12-5-3-4-6-16(12)27-18/h3-10H,1-2H3,(H,21,22,23). The zero-order valence-electron chi connectivity index (χ0n) is 14.6. The number of nitrogens with one attached hydrogen (secondary N) is 1. The van der Waals surface area contributed by atoms with Gasteiger partial charge in [0.25, 0.3) is 5.91 Å². The Labute approximate surface area is 163 Å². The van der Waals surface area contributed by atoms with Crippen molar-refractivity contribution in [2.24, 2.45) is 0 Å². The number of hydrogen-bond acceptors (Lipinski definition) is 7. The van der Waals surface area contributed by atoms with Crippen molar-refractivity contribution in [2.75, 3.05) is 19.5 Å². The van der Waals surface area contributed by atoms with Gasteiger partial charge in [-0.05, 0) is 30.3 Å². The second-order valence-electron chi connectivity index (χ2n) is 5.55. The quantitative estimate of drug-likeness (QED) is 0.529. The summed E-state index contributed by atoms with van der Waals surface area (Å²) in [4.78, 5) is 21.6. The van der Waals surface area contributed by atoms with E-state index in [1.807, 2.05) is 29.6 Å². The number of methoxy groups -OCH3 is 2. The number of rotatable bonds is 5. The molecule has 2 heterocycles. The van der Waals surface area contributed by atoms with Gasteiger partial charge in [-0.15, -0.1) is 22.7 Å². The lowest BCUT2D eigenvalue weighted by Gasteiger charge is -2.09. The van der Waals surface area contributed by atoms with E-state index in [-0.39, 0.29) is 5.91 Å². The lowest BCUT2D eigenvalue weighted by molar-refractivity contribution is 0.102. The first-order valence-corrected chi connectivity index (χ1v) is 9.72. The van der Waals surface area contributed by atoms with E-state index in [1.165, 1.54) is 18.4 Å². The molecule has 1 amide bonds. The summed E-state index contributed by atoms with van der Waals surface area (Å²) in [5.74, 6) is 0.807. The SMILES string of the molecule is COc1ccc(C(=O)Nc2nc(-c3nc4ccccc4s3)cs2)cc1OC. The average molecular weight is 397 g/mol. The van der Waals surface area contributed by atoms with E-state index in [0.29, 0.717) is 22.2 Å². The maximum atomic E-state index is 12.5. The molecule has 2 aromatic heterocycles. The van der Waals surface area contributed by atoms with Crippen LogP contribution in [0.25, 0.3) is 20.9 Å². The Morgan fingerprint density at radius 2 is 1.85 bits per heavy atom. The number of aromatic nitrogens is 2. The Morgan fingerprint density at radius 1 is 1.04 bits per heavy atom. The summed E-state index contributed by atoms with van der Waals surface area (Å²) in [5, 5.41) is 6.06. The van der Waals surface area contributed by atoms with Gasteiger partial charge < -0.3 is 9.47 Å². The molecule has 0 atom stereocenters. The van der Waals surface area contributed by atoms with Crippen LogP contribution in [-0.4, -0.2) is 30.1 Å². The summed E-state index contributed by atoms with van der Waals surface area (Å²) in [6, 6.07) is 13.0. The summed E-state index contributed by atoms with van der Waals surface area (Å²) >= 11 is 2.94. The highest BCUT2D eigenvalue weighted by Gasteiger charge is 2.14. The van der Waals surface area contributed by atoms with E-state index in [0.717, 1.165) is 20.9 Å². The fraction of sp³-hybridized carbons (Fsp3) is 0.105. The van der Waals surface area contributed by atoms with Crippen molar-refractivity contribution in [3.63, 3.8) is 0 Å². The van der Waals surface area contributed by atoms with Crippen LogP contribution in [0.3, 0.4) is 0 Å². The minimum Gasteiger partial charge on any atom is -0.493 e. The predicted octanol–water partition coefficient (Wildman–Crippen LogP) is 4.69. The minimum atomic E-state index is -0.263. The minimum absolute atomic E-state index is 0.263. The van der Waals surface area contributed by atoms with Crippen molar-refractivity contribution in [3.05, 3.63) is 53.4 Å². The molecule has 0 aliphatic carbocycles. The zero-order chi connectivity index (χ0) is 18.8. The number of para-hydroxylation sites is 1. The topological polar surface area (TPSA) is 73.3 Å². The van der Waals surface area contributed by atoms with Gasteiger partial charge in [-0.25, -0.2) is 9.97 Å². The molecule has 1 N–H and O–H groups in total. The van der Waals surface area contributed by atoms with Crippen LogP contribution in [0.1, 0.15) is 10.4 Å². The number of anilines is 1. The molecule has 0 saturated carbocycles. The molecule has 8 heteroatoms. The Bertz CT molecular complexity index is 1090. The summed E-state index contributed by atoms with van der Waals surface area (Å²) in [7, 11) is 3.08. The zero-order valence-corrected chi connectivity index (χ0v) is 16.2. The van der Waals surface area contributed by atoms with E-state index in [9.17, 15) is 4.79 Å². The van der Waals surface area contributed by atoms with Crippen LogP contribution >= 0.6 is 22.7 Å². The van der Waals surface area contributed by atoms with Crippen LogP contribution in [0, 0.1) is 0 Å². The van der Waals surface area contributed by atoms with Crippen molar-refractivity contribution < 1.29 is 14.3 Å². The largest absolute Gasteiger partial charge is 0.493 e. The molecule has 6 nitrogen and oxygen atoms in total. The van der Waals surface area contributed by atoms with Crippen LogP contribution in [0.2, 0.25) is 0 Å². The third-order valence-corrected chi connectivity index (χ3v) is 5.70. The normalized spacial score (nSPS) is 10.7. The molecule has 4 rings (SSSR count). The van der Waals surface area contributed by atoms with Crippen molar-refractivity contribution >= 4 is 43.9 Å². The van der Waals surface area contributed by atoms with Gasteiger partial charge in [-0.1, -0.05) is 12.1 Å². The summed E-state index contributed by atoms with van der Waals surface area (Å²) in [6.07, 6.45) is 0. The highest BCUT2D eigenvalue weighted by Crippen LogP contribution is 2.32. The first-order valence-electron chi connectivity index (χ1n) is 8.03. The van der Waals surface area contributed by atoms with Gasteiger partial charge in [-0.2, -0.15) is 0 Å². The fourth-order valence-electron chi connectivity index (χ4n) is 2.56. The molecule has 0 aliphatic heterocycles. The molecule has 0 radical (unpaired) electrons. The number of benzene rings is 2. The highest BCUT2D eigenvalue weighted by molar-refractivity contribution is 7.22. The summed E-state index contributed by atoms with van der Waals surface area (Å²) in [5.41, 5.74) is 2.16. The maximum absolute atomic E-state index is 12.5. The van der Waals surface area contributed by atoms with Crippen molar-refractivity contribution in [1.29, 1.82) is 0 Å². The highest BCUT2D eigenvalue weighted by atomic mass is 32.1. The number of ether oxygens (including phenoxy) is 2. The second-order valence-corrected chi connectivity index (χ2v) is 7.44. The van der Waals surface area contributed by atoms with Crippen LogP contribution < -0.4 is 14.8 Å². The number of hydrogen-bond donors (Lipinski definition) is 1. The molecule has 4 aromatic rings. The molecule has 0 aliphatic rings. The van der Waals surface area contributed by atoms with Gasteiger partial charge in [0.1, 0.15) is 10.7 Å². The van der Waals surface area contributed by atoms with E-state index in [1.54, 1.807) is 36.6 Å². The molecule has 27 heavy (non-hydrogen) atoms. The lowest BCUT2D eigenvalue weighted by atomic mass is 10.2. The molecule has 0 spiro atoms. The van der Waals surface area contributed by atoms with Crippen molar-refractivity contribution in [3.8, 4) is 22.2 Å². The molecular formula is C19H15N3O3S2. The third kappa shape index (κ3) is 3.49. The van der Waals surface area contributed by atoms with E-state index >= 15 is 0 Å². The molecule has 0 bridgehead atoms. The van der Waals surface area contributed by atoms with Gasteiger partial charge in [0.05, 0.1) is 24.4 Å². The van der Waals surface area contributed by atoms with Crippen LogP contribution in [0.15, 0.2) is 47.8 Å². The first-order chi connectivity index (χ1) is 13.2. The maximum Gasteiger partial charge on any atom is 0.257 e. The lowest BCUT2D eigenvalue weighted by Crippen LogP contribution is -2.11. The number of fused-ring (bicyclic) bond motifs is 1. The monoisotopic (exact) mass is 397 g/mol. The smallest absolute Gasteiger partial charge is 0.257 e. The van der Waals surface area contributed by atoms with E-state index in [2.05, 4.69) is 15.3 Å². The third-order valence-electron chi connectivity index (χ3n) is 3.88. The van der Waals surface area contributed by atoms with Crippen LogP contribution in [0.5, 0.6) is 11.5 Å². The van der Waals surface area contributed by atoms with E-state index < -0.39 is 0 Å². The Morgan fingerprint density at radius 3 is 2.63 bits per heavy atom. The van der Waals surface area contributed by atoms with Crippen LogP contribution in [0.4, 0.5) is 5.13 Å². The molecule has 2 aromatic carbocycles. The Kier molecular flexibility index (Phi) is 4.74. The van der Waals surface area contributed by atoms with Crippen LogP contribution in [-0.2, 0) is 0 Å². The molecule has 0 fully saturated rings. The van der Waals surface area contributed by atoms with E-state index in [4.69, 9.17) is 9.47 Å². The average Bonchev–Trinajstić information content (AvgIpc) is 3.33. The van der Waals surface area contributed by atoms with Gasteiger partial charge in [0.2, 0.25) is 0 Å². The number of thiazole rings is 2. The van der Waals surface area contributed by atoms with Gasteiger partial charge in [0, 0.05) is 10.9 Å². The summed E-state index contributed by atoms with van der Waals surface area (Å²) in [6.45, 7) is 0. The second kappa shape index (κ2) is 7.34. The first kappa shape index (κ1) is 17.4. The predicted molar refractivity (Wildman–Crippen MR) is 108 cm³/mol. The number of carbonyl (C=O) groups excluding carboxylic acids is 1. The van der Waals surface area contributed by atoms with Crippen molar-refractivity contribution in [2.45, 2.75) is 0 Å². The number of carbonyl (C=O) groups is 1. The Balaban J connectivity index is 1.54. The van der Waals surface area contributed by atoms with Gasteiger partial charge >= 0.3 is 0 Å². The molecule has 136 valence electrons. The molecule has 0 saturated heterocycles. The number of amides is 1. The summed E-state index contributed by atoms with van der Waals surface area (Å²) < 4.78 is 11.5. The molecular weight excluding hydrogens is 382 g/mol. The van der Waals surface area contributed by atoms with Gasteiger partial charge in [-0.3, -0.25) is 10.1 Å². The Hall–Kier alpha value is -2.97. The van der Waals surface area contributed by atoms with Crippen molar-refractivity contribution in [1.82, 2.24) is 9.97 Å².